The van der Waals surface area contributed by atoms with Crippen LogP contribution in [0.4, 0.5) is 16.2 Å². The van der Waals surface area contributed by atoms with E-state index < -0.39 is 5.97 Å². The fourth-order valence-corrected chi connectivity index (χ4v) is 1.99. The smallest absolute Gasteiger partial charge is 0.323 e. The Morgan fingerprint density at radius 3 is 2.33 bits per heavy atom. The number of benzene rings is 2. The van der Waals surface area contributed by atoms with Crippen molar-refractivity contribution in [2.75, 3.05) is 10.6 Å². The van der Waals surface area contributed by atoms with Crippen molar-refractivity contribution in [3.8, 4) is 5.75 Å². The molecule has 6 heteroatoms. The van der Waals surface area contributed by atoms with Gasteiger partial charge in [0.15, 0.2) is 0 Å². The highest BCUT2D eigenvalue weighted by Gasteiger charge is 2.04. The quantitative estimate of drug-likeness (QED) is 0.471. The van der Waals surface area contributed by atoms with Crippen molar-refractivity contribution in [2.24, 2.45) is 0 Å². The minimum Gasteiger partial charge on any atom is -0.427 e. The third-order valence-electron chi connectivity index (χ3n) is 2.46. The topological polar surface area (TPSA) is 67.4 Å². The van der Waals surface area contributed by atoms with Crippen LogP contribution in [0.1, 0.15) is 6.92 Å². The zero-order chi connectivity index (χ0) is 15.2. The summed E-state index contributed by atoms with van der Waals surface area (Å²) >= 11 is 2.19. The molecule has 2 N–H and O–H groups in total. The Hall–Kier alpha value is -2.09. The number of hydrogen-bond donors (Lipinski definition) is 2. The van der Waals surface area contributed by atoms with E-state index in [0.29, 0.717) is 17.1 Å². The molecule has 108 valence electrons. The number of urea groups is 1. The molecule has 0 unspecified atom stereocenters. The molecule has 0 aliphatic heterocycles. The van der Waals surface area contributed by atoms with Crippen LogP contribution in [-0.2, 0) is 4.79 Å². The highest BCUT2D eigenvalue weighted by Crippen LogP contribution is 2.18. The minimum absolute atomic E-state index is 0.365. The van der Waals surface area contributed by atoms with Gasteiger partial charge in [0.25, 0.3) is 0 Å². The SMILES string of the molecule is CC(=O)Oc1cccc(NC(=O)Nc2ccc(I)cc2)c1. The van der Waals surface area contributed by atoms with Crippen LogP contribution in [0.2, 0.25) is 0 Å². The van der Waals surface area contributed by atoms with E-state index in [2.05, 4.69) is 33.2 Å². The molecule has 21 heavy (non-hydrogen) atoms. The third-order valence-corrected chi connectivity index (χ3v) is 3.17. The molecule has 0 aromatic heterocycles. The number of carbonyl (C=O) groups is 2. The molecule has 0 saturated heterocycles. The van der Waals surface area contributed by atoms with Gasteiger partial charge in [0, 0.05) is 27.9 Å². The van der Waals surface area contributed by atoms with Crippen LogP contribution < -0.4 is 15.4 Å². The van der Waals surface area contributed by atoms with Gasteiger partial charge in [-0.15, -0.1) is 0 Å². The van der Waals surface area contributed by atoms with E-state index in [1.54, 1.807) is 24.3 Å². The van der Waals surface area contributed by atoms with E-state index in [1.807, 2.05) is 24.3 Å². The number of hydrogen-bond acceptors (Lipinski definition) is 3. The Bertz CT molecular complexity index is 656. The number of anilines is 2. The molecule has 2 rings (SSSR count). The van der Waals surface area contributed by atoms with Crippen molar-refractivity contribution >= 4 is 46.0 Å². The molecule has 2 aromatic rings. The number of carbonyl (C=O) groups excluding carboxylic acids is 2. The molecule has 0 saturated carbocycles. The first-order valence-corrected chi connectivity index (χ1v) is 7.23. The van der Waals surface area contributed by atoms with Crippen LogP contribution in [0.15, 0.2) is 48.5 Å². The zero-order valence-electron chi connectivity index (χ0n) is 11.2. The molecule has 0 bridgehead atoms. The van der Waals surface area contributed by atoms with E-state index in [9.17, 15) is 9.59 Å². The molecular weight excluding hydrogens is 383 g/mol. The molecule has 5 nitrogen and oxygen atoms in total. The Morgan fingerprint density at radius 1 is 1.00 bits per heavy atom. The van der Waals surface area contributed by atoms with Crippen molar-refractivity contribution in [1.29, 1.82) is 0 Å². The molecule has 0 radical (unpaired) electrons. The Kier molecular flexibility index (Phi) is 5.15. The van der Waals surface area contributed by atoms with Gasteiger partial charge < -0.3 is 15.4 Å². The second kappa shape index (κ2) is 7.07. The van der Waals surface area contributed by atoms with E-state index in [4.69, 9.17) is 4.74 Å². The van der Waals surface area contributed by atoms with E-state index in [0.717, 1.165) is 3.57 Å². The van der Waals surface area contributed by atoms with Crippen LogP contribution in [0, 0.1) is 3.57 Å². The normalized spacial score (nSPS) is 9.81. The first kappa shape index (κ1) is 15.3. The molecule has 0 fully saturated rings. The van der Waals surface area contributed by atoms with Crippen molar-refractivity contribution in [1.82, 2.24) is 0 Å². The van der Waals surface area contributed by atoms with Crippen molar-refractivity contribution in [2.45, 2.75) is 6.92 Å². The number of nitrogens with one attached hydrogen (secondary N) is 2. The highest BCUT2D eigenvalue weighted by molar-refractivity contribution is 14.1. The van der Waals surface area contributed by atoms with E-state index in [1.165, 1.54) is 6.92 Å². The first-order valence-electron chi connectivity index (χ1n) is 6.15. The summed E-state index contributed by atoms with van der Waals surface area (Å²) in [4.78, 5) is 22.8. The number of halogens is 1. The monoisotopic (exact) mass is 396 g/mol. The lowest BCUT2D eigenvalue weighted by Crippen LogP contribution is -2.19. The van der Waals surface area contributed by atoms with Gasteiger partial charge in [0.05, 0.1) is 0 Å². The molecule has 0 heterocycles. The van der Waals surface area contributed by atoms with Crippen LogP contribution in [0.5, 0.6) is 5.75 Å². The fourth-order valence-electron chi connectivity index (χ4n) is 1.63. The molecule has 2 aromatic carbocycles. The standard InChI is InChI=1S/C15H13IN2O3/c1-10(19)21-14-4-2-3-13(9-14)18-15(20)17-12-7-5-11(16)6-8-12/h2-9H,1H3,(H2,17,18,20). The largest absolute Gasteiger partial charge is 0.427 e. The summed E-state index contributed by atoms with van der Waals surface area (Å²) in [5.41, 5.74) is 1.24. The summed E-state index contributed by atoms with van der Waals surface area (Å²) in [5, 5.41) is 5.39. The lowest BCUT2D eigenvalue weighted by molar-refractivity contribution is -0.131. The van der Waals surface area contributed by atoms with Crippen LogP contribution in [0.3, 0.4) is 0 Å². The van der Waals surface area contributed by atoms with Gasteiger partial charge in [0.1, 0.15) is 5.75 Å². The van der Waals surface area contributed by atoms with E-state index >= 15 is 0 Å². The second-order valence-corrected chi connectivity index (χ2v) is 5.45. The Morgan fingerprint density at radius 2 is 1.67 bits per heavy atom. The van der Waals surface area contributed by atoms with Crippen molar-refractivity contribution in [3.63, 3.8) is 0 Å². The van der Waals surface area contributed by atoms with Gasteiger partial charge >= 0.3 is 12.0 Å². The van der Waals surface area contributed by atoms with Crippen LogP contribution in [-0.4, -0.2) is 12.0 Å². The van der Waals surface area contributed by atoms with Gasteiger partial charge in [0.2, 0.25) is 0 Å². The highest BCUT2D eigenvalue weighted by atomic mass is 127. The molecule has 0 aliphatic carbocycles. The predicted octanol–water partition coefficient (Wildman–Crippen LogP) is 3.86. The summed E-state index contributed by atoms with van der Waals surface area (Å²) in [6.07, 6.45) is 0. The summed E-state index contributed by atoms with van der Waals surface area (Å²) in [7, 11) is 0. The summed E-state index contributed by atoms with van der Waals surface area (Å²) in [6.45, 7) is 1.32. The number of ether oxygens (including phenoxy) is 1. The van der Waals surface area contributed by atoms with Gasteiger partial charge in [-0.05, 0) is 59.0 Å². The maximum Gasteiger partial charge on any atom is 0.323 e. The van der Waals surface area contributed by atoms with Gasteiger partial charge in [-0.25, -0.2) is 4.79 Å². The van der Waals surface area contributed by atoms with Gasteiger partial charge in [-0.3, -0.25) is 4.79 Å². The fraction of sp³-hybridized carbons (Fsp3) is 0.0667. The third kappa shape index (κ3) is 5.07. The summed E-state index contributed by atoms with van der Waals surface area (Å²) in [5.74, 6) is -0.0231. The van der Waals surface area contributed by atoms with Gasteiger partial charge in [-0.1, -0.05) is 6.07 Å². The second-order valence-electron chi connectivity index (χ2n) is 4.21. The first-order chi connectivity index (χ1) is 10.0. The number of rotatable bonds is 3. The lowest BCUT2D eigenvalue weighted by atomic mass is 10.3. The van der Waals surface area contributed by atoms with Crippen LogP contribution >= 0.6 is 22.6 Å². The predicted molar refractivity (Wildman–Crippen MR) is 89.6 cm³/mol. The van der Waals surface area contributed by atoms with Crippen molar-refractivity contribution < 1.29 is 14.3 Å². The van der Waals surface area contributed by atoms with E-state index in [-0.39, 0.29) is 6.03 Å². The molecule has 0 spiro atoms. The maximum absolute atomic E-state index is 11.9. The Labute approximate surface area is 135 Å². The lowest BCUT2D eigenvalue weighted by Gasteiger charge is -2.09. The zero-order valence-corrected chi connectivity index (χ0v) is 13.4. The summed E-state index contributed by atoms with van der Waals surface area (Å²) in [6, 6.07) is 13.7. The molecular formula is C15H13IN2O3. The average molecular weight is 396 g/mol. The Balaban J connectivity index is 1.99. The van der Waals surface area contributed by atoms with Crippen molar-refractivity contribution in [3.05, 3.63) is 52.1 Å². The molecule has 0 atom stereocenters. The average Bonchev–Trinajstić information content (AvgIpc) is 2.41. The number of esters is 1. The number of amides is 2. The maximum atomic E-state index is 11.9. The van der Waals surface area contributed by atoms with Gasteiger partial charge in [-0.2, -0.15) is 0 Å². The summed E-state index contributed by atoms with van der Waals surface area (Å²) < 4.78 is 6.05. The van der Waals surface area contributed by atoms with Crippen LogP contribution in [0.25, 0.3) is 0 Å². The molecule has 2 amide bonds. The molecule has 0 aliphatic rings. The minimum atomic E-state index is -0.407.